The van der Waals surface area contributed by atoms with Gasteiger partial charge in [0.1, 0.15) is 21.8 Å². The van der Waals surface area contributed by atoms with Gasteiger partial charge in [-0.05, 0) is 29.5 Å². The highest BCUT2D eigenvalue weighted by molar-refractivity contribution is 7.91. The summed E-state index contributed by atoms with van der Waals surface area (Å²) in [5.41, 5.74) is 0. The Morgan fingerprint density at radius 1 is 1.32 bits per heavy atom. The van der Waals surface area contributed by atoms with Crippen LogP contribution in [0.2, 0.25) is 0 Å². The van der Waals surface area contributed by atoms with Gasteiger partial charge in [0.15, 0.2) is 15.7 Å². The summed E-state index contributed by atoms with van der Waals surface area (Å²) >= 11 is 0. The molecule has 0 aliphatic heterocycles. The number of benzene rings is 1. The lowest BCUT2D eigenvalue weighted by atomic mass is 10.3. The van der Waals surface area contributed by atoms with Crippen LogP contribution in [0.4, 0.5) is 8.78 Å². The van der Waals surface area contributed by atoms with E-state index >= 15 is 0 Å². The van der Waals surface area contributed by atoms with Crippen LogP contribution in [0.3, 0.4) is 0 Å². The number of sulfone groups is 1. The Balaban J connectivity index is 2.51. The van der Waals surface area contributed by atoms with E-state index in [-0.39, 0.29) is 5.82 Å². The van der Waals surface area contributed by atoms with Gasteiger partial charge in [0.25, 0.3) is 0 Å². The van der Waals surface area contributed by atoms with Crippen molar-refractivity contribution < 1.29 is 17.2 Å². The summed E-state index contributed by atoms with van der Waals surface area (Å²) in [7, 11) is -2.56. The number of aromatic nitrogens is 4. The zero-order valence-corrected chi connectivity index (χ0v) is 10.9. The average Bonchev–Trinajstić information content (AvgIpc) is 2.73. The first-order valence-corrected chi connectivity index (χ1v) is 6.80. The normalized spacial score (nSPS) is 13.5. The number of rotatable bonds is 3. The summed E-state index contributed by atoms with van der Waals surface area (Å²) in [6.07, 6.45) is 0. The Morgan fingerprint density at radius 2 is 2.00 bits per heavy atom. The quantitative estimate of drug-likeness (QED) is 0.788. The summed E-state index contributed by atoms with van der Waals surface area (Å²) in [5.74, 6) is -1.91. The van der Waals surface area contributed by atoms with Crippen LogP contribution in [0.25, 0.3) is 0 Å². The van der Waals surface area contributed by atoms with Gasteiger partial charge < -0.3 is 0 Å². The first-order valence-electron chi connectivity index (χ1n) is 5.25. The lowest BCUT2D eigenvalue weighted by molar-refractivity contribution is 0.541. The Morgan fingerprint density at radius 3 is 2.53 bits per heavy atom. The van der Waals surface area contributed by atoms with E-state index < -0.39 is 31.6 Å². The third-order valence-electron chi connectivity index (χ3n) is 2.68. The van der Waals surface area contributed by atoms with Crippen molar-refractivity contribution in [3.05, 3.63) is 35.7 Å². The second kappa shape index (κ2) is 4.65. The number of nitrogens with zero attached hydrogens (tertiary/aromatic N) is 4. The second-order valence-electron chi connectivity index (χ2n) is 3.92. The smallest absolute Gasteiger partial charge is 0.191 e. The van der Waals surface area contributed by atoms with Crippen molar-refractivity contribution in [2.24, 2.45) is 7.05 Å². The monoisotopic (exact) mass is 288 g/mol. The summed E-state index contributed by atoms with van der Waals surface area (Å²) < 4.78 is 52.0. The predicted octanol–water partition coefficient (Wildman–Crippen LogP) is 1.02. The molecule has 0 aliphatic rings. The maximum absolute atomic E-state index is 13.6. The number of hydrogen-bond acceptors (Lipinski definition) is 5. The lowest BCUT2D eigenvalue weighted by Gasteiger charge is -2.12. The molecule has 0 saturated carbocycles. The molecule has 1 unspecified atom stereocenters. The third kappa shape index (κ3) is 2.33. The van der Waals surface area contributed by atoms with E-state index in [1.807, 2.05) is 0 Å². The number of hydrogen-bond donors (Lipinski definition) is 0. The lowest BCUT2D eigenvalue weighted by Crippen LogP contribution is -2.16. The number of tetrazole rings is 1. The first kappa shape index (κ1) is 13.5. The maximum atomic E-state index is 13.6. The van der Waals surface area contributed by atoms with Crippen molar-refractivity contribution in [2.45, 2.75) is 17.1 Å². The molecule has 1 heterocycles. The molecule has 0 amide bonds. The highest BCUT2D eigenvalue weighted by Gasteiger charge is 2.31. The van der Waals surface area contributed by atoms with E-state index in [9.17, 15) is 17.2 Å². The van der Waals surface area contributed by atoms with Crippen molar-refractivity contribution in [1.82, 2.24) is 20.2 Å². The molecule has 0 aliphatic carbocycles. The highest BCUT2D eigenvalue weighted by atomic mass is 32.2. The molecule has 1 aromatic carbocycles. The Labute approximate surface area is 108 Å². The first-order chi connectivity index (χ1) is 8.84. The van der Waals surface area contributed by atoms with Crippen LogP contribution in [0.15, 0.2) is 23.1 Å². The number of halogens is 2. The predicted molar refractivity (Wildman–Crippen MR) is 60.8 cm³/mol. The van der Waals surface area contributed by atoms with Gasteiger partial charge >= 0.3 is 0 Å². The molecule has 102 valence electrons. The maximum Gasteiger partial charge on any atom is 0.191 e. The fourth-order valence-electron chi connectivity index (χ4n) is 1.62. The van der Waals surface area contributed by atoms with Crippen molar-refractivity contribution >= 4 is 9.84 Å². The summed E-state index contributed by atoms with van der Waals surface area (Å²) in [6.45, 7) is 1.34. The molecule has 0 radical (unpaired) electrons. The minimum Gasteiger partial charge on any atom is -0.231 e. The molecule has 0 saturated heterocycles. The van der Waals surface area contributed by atoms with Gasteiger partial charge in [0.05, 0.1) is 0 Å². The molecule has 2 rings (SSSR count). The second-order valence-corrected chi connectivity index (χ2v) is 6.16. The van der Waals surface area contributed by atoms with Gasteiger partial charge in [-0.3, -0.25) is 0 Å². The zero-order valence-electron chi connectivity index (χ0n) is 10.1. The van der Waals surface area contributed by atoms with E-state index in [4.69, 9.17) is 0 Å². The average molecular weight is 288 g/mol. The van der Waals surface area contributed by atoms with Gasteiger partial charge in [-0.15, -0.1) is 5.10 Å². The van der Waals surface area contributed by atoms with Crippen LogP contribution < -0.4 is 0 Å². The Hall–Kier alpha value is -1.90. The standard InChI is InChI=1S/C10H10F2N4O2S/c1-6(10-13-14-15-16(10)2)19(17,18)9-4-3-7(11)5-8(9)12/h3-6H,1-2H3. The summed E-state index contributed by atoms with van der Waals surface area (Å²) in [4.78, 5) is -0.579. The fraction of sp³-hybridized carbons (Fsp3) is 0.300. The summed E-state index contributed by atoms with van der Waals surface area (Å²) in [5, 5.41) is 9.29. The van der Waals surface area contributed by atoms with Gasteiger partial charge in [-0.2, -0.15) is 0 Å². The van der Waals surface area contributed by atoms with Crippen LogP contribution in [0.5, 0.6) is 0 Å². The topological polar surface area (TPSA) is 77.7 Å². The Bertz CT molecular complexity index is 714. The highest BCUT2D eigenvalue weighted by Crippen LogP contribution is 2.28. The zero-order chi connectivity index (χ0) is 14.2. The van der Waals surface area contributed by atoms with Gasteiger partial charge in [-0.1, -0.05) is 0 Å². The number of aryl methyl sites for hydroxylation is 1. The van der Waals surface area contributed by atoms with Crippen molar-refractivity contribution in [2.75, 3.05) is 0 Å². The molecule has 2 aromatic rings. The molecule has 0 fully saturated rings. The molecule has 1 aromatic heterocycles. The molecule has 6 nitrogen and oxygen atoms in total. The van der Waals surface area contributed by atoms with E-state index in [1.54, 1.807) is 0 Å². The minimum absolute atomic E-state index is 0.0729. The minimum atomic E-state index is -4.04. The molecule has 9 heteroatoms. The van der Waals surface area contributed by atoms with Crippen LogP contribution in [0, 0.1) is 11.6 Å². The van der Waals surface area contributed by atoms with E-state index in [0.717, 1.165) is 12.1 Å². The molecule has 19 heavy (non-hydrogen) atoms. The summed E-state index contributed by atoms with van der Waals surface area (Å²) in [6, 6.07) is 2.30. The molecule has 0 spiro atoms. The fourth-order valence-corrected chi connectivity index (χ4v) is 3.06. The van der Waals surface area contributed by atoms with Crippen LogP contribution in [0.1, 0.15) is 18.0 Å². The van der Waals surface area contributed by atoms with Crippen molar-refractivity contribution in [1.29, 1.82) is 0 Å². The molecular formula is C10H10F2N4O2S. The Kier molecular flexibility index (Phi) is 3.31. The van der Waals surface area contributed by atoms with E-state index in [0.29, 0.717) is 6.07 Å². The largest absolute Gasteiger partial charge is 0.231 e. The van der Waals surface area contributed by atoms with E-state index in [2.05, 4.69) is 15.5 Å². The molecule has 0 bridgehead atoms. The van der Waals surface area contributed by atoms with E-state index in [1.165, 1.54) is 18.7 Å². The van der Waals surface area contributed by atoms with Gasteiger partial charge in [0.2, 0.25) is 0 Å². The van der Waals surface area contributed by atoms with Gasteiger partial charge in [-0.25, -0.2) is 21.9 Å². The van der Waals surface area contributed by atoms with Crippen LogP contribution in [-0.4, -0.2) is 28.6 Å². The van der Waals surface area contributed by atoms with Crippen molar-refractivity contribution in [3.8, 4) is 0 Å². The van der Waals surface area contributed by atoms with Crippen molar-refractivity contribution in [3.63, 3.8) is 0 Å². The molecular weight excluding hydrogens is 278 g/mol. The molecule has 1 atom stereocenters. The SMILES string of the molecule is CC(c1nnnn1C)S(=O)(=O)c1ccc(F)cc1F. The van der Waals surface area contributed by atoms with Crippen LogP contribution in [-0.2, 0) is 16.9 Å². The van der Waals surface area contributed by atoms with Crippen LogP contribution >= 0.6 is 0 Å². The third-order valence-corrected chi connectivity index (χ3v) is 4.77. The molecule has 0 N–H and O–H groups in total. The van der Waals surface area contributed by atoms with Gasteiger partial charge in [0, 0.05) is 13.1 Å².